The number of carbonyl (C=O) groups is 1. The van der Waals surface area contributed by atoms with Crippen LogP contribution in [0.25, 0.3) is 0 Å². The van der Waals surface area contributed by atoms with Gasteiger partial charge >= 0.3 is 0 Å². The molecule has 0 atom stereocenters. The Kier molecular flexibility index (Phi) is 5.05. The van der Waals surface area contributed by atoms with Crippen LogP contribution in [0.5, 0.6) is 0 Å². The molecule has 0 bridgehead atoms. The Bertz CT molecular complexity index is 200. The van der Waals surface area contributed by atoms with Crippen molar-refractivity contribution in [3.8, 4) is 0 Å². The van der Waals surface area contributed by atoms with Crippen LogP contribution in [0.3, 0.4) is 0 Å². The molecule has 88 valence electrons. The van der Waals surface area contributed by atoms with Crippen LogP contribution in [-0.4, -0.2) is 55.5 Å². The zero-order chi connectivity index (χ0) is 11.3. The fourth-order valence-electron chi connectivity index (χ4n) is 1.89. The van der Waals surface area contributed by atoms with Crippen molar-refractivity contribution in [1.82, 2.24) is 9.80 Å². The van der Waals surface area contributed by atoms with Crippen LogP contribution >= 0.6 is 0 Å². The van der Waals surface area contributed by atoms with E-state index < -0.39 is 0 Å². The Morgan fingerprint density at radius 3 is 2.60 bits per heavy atom. The second-order valence-corrected chi connectivity index (χ2v) is 4.59. The van der Waals surface area contributed by atoms with E-state index in [1.165, 1.54) is 0 Å². The molecule has 1 aliphatic heterocycles. The lowest BCUT2D eigenvalue weighted by atomic mass is 9.99. The molecule has 4 nitrogen and oxygen atoms in total. The van der Waals surface area contributed by atoms with Crippen molar-refractivity contribution in [1.29, 1.82) is 0 Å². The van der Waals surface area contributed by atoms with Gasteiger partial charge in [0.1, 0.15) is 0 Å². The summed E-state index contributed by atoms with van der Waals surface area (Å²) in [5, 5.41) is 0. The maximum absolute atomic E-state index is 11.8. The normalized spacial score (nSPS) is 18.5. The van der Waals surface area contributed by atoms with Gasteiger partial charge in [-0.2, -0.15) is 0 Å². The maximum atomic E-state index is 11.8. The fraction of sp³-hybridized carbons (Fsp3) is 0.909. The van der Waals surface area contributed by atoms with E-state index in [9.17, 15) is 4.79 Å². The third-order valence-electron chi connectivity index (χ3n) is 3.05. The standard InChI is InChI=1S/C11H23N3O/c1-10-3-6-14(7-4-10)11(15)9-13(2)8-5-12/h10H,3-9,12H2,1-2H3. The zero-order valence-electron chi connectivity index (χ0n) is 9.91. The zero-order valence-corrected chi connectivity index (χ0v) is 9.91. The van der Waals surface area contributed by atoms with E-state index in [0.717, 1.165) is 38.4 Å². The summed E-state index contributed by atoms with van der Waals surface area (Å²) in [6, 6.07) is 0. The van der Waals surface area contributed by atoms with Gasteiger partial charge in [0.05, 0.1) is 6.54 Å². The summed E-state index contributed by atoms with van der Waals surface area (Å²) in [4.78, 5) is 15.8. The molecule has 0 aromatic heterocycles. The number of carbonyl (C=O) groups excluding carboxylic acids is 1. The number of likely N-dealkylation sites (N-methyl/N-ethyl adjacent to an activating group) is 1. The Morgan fingerprint density at radius 2 is 2.07 bits per heavy atom. The molecule has 0 saturated carbocycles. The summed E-state index contributed by atoms with van der Waals surface area (Å²) >= 11 is 0. The number of likely N-dealkylation sites (tertiary alicyclic amines) is 1. The number of piperidine rings is 1. The van der Waals surface area contributed by atoms with Gasteiger partial charge < -0.3 is 10.6 Å². The second kappa shape index (κ2) is 6.08. The monoisotopic (exact) mass is 213 g/mol. The Morgan fingerprint density at radius 1 is 1.47 bits per heavy atom. The average Bonchev–Trinajstić information content (AvgIpc) is 2.18. The van der Waals surface area contributed by atoms with Gasteiger partial charge in [-0.3, -0.25) is 9.69 Å². The minimum Gasteiger partial charge on any atom is -0.342 e. The largest absolute Gasteiger partial charge is 0.342 e. The summed E-state index contributed by atoms with van der Waals surface area (Å²) in [6.07, 6.45) is 2.29. The van der Waals surface area contributed by atoms with E-state index in [2.05, 4.69) is 6.92 Å². The molecule has 0 aromatic rings. The van der Waals surface area contributed by atoms with Crippen LogP contribution < -0.4 is 5.73 Å². The maximum Gasteiger partial charge on any atom is 0.236 e. The predicted molar refractivity (Wildman–Crippen MR) is 61.5 cm³/mol. The molecule has 4 heteroatoms. The molecule has 1 saturated heterocycles. The molecule has 0 unspecified atom stereocenters. The van der Waals surface area contributed by atoms with Gasteiger partial charge in [-0.05, 0) is 25.8 Å². The minimum atomic E-state index is 0.248. The lowest BCUT2D eigenvalue weighted by Crippen LogP contribution is -2.43. The number of nitrogens with two attached hydrogens (primary N) is 1. The molecule has 0 aliphatic carbocycles. The highest BCUT2D eigenvalue weighted by Crippen LogP contribution is 2.15. The summed E-state index contributed by atoms with van der Waals surface area (Å²) in [7, 11) is 1.94. The topological polar surface area (TPSA) is 49.6 Å². The molecule has 0 spiro atoms. The first-order valence-corrected chi connectivity index (χ1v) is 5.80. The Hall–Kier alpha value is -0.610. The van der Waals surface area contributed by atoms with Crippen LogP contribution in [0.4, 0.5) is 0 Å². The van der Waals surface area contributed by atoms with Crippen LogP contribution in [0.2, 0.25) is 0 Å². The number of hydrogen-bond donors (Lipinski definition) is 1. The van der Waals surface area contributed by atoms with Crippen LogP contribution in [0.1, 0.15) is 19.8 Å². The summed E-state index contributed by atoms with van der Waals surface area (Å²) in [5.74, 6) is 1.02. The van der Waals surface area contributed by atoms with Crippen LogP contribution in [0, 0.1) is 5.92 Å². The number of nitrogens with zero attached hydrogens (tertiary/aromatic N) is 2. The molecule has 1 rings (SSSR count). The van der Waals surface area contributed by atoms with Crippen molar-refractivity contribution in [3.63, 3.8) is 0 Å². The predicted octanol–water partition coefficient (Wildman–Crippen LogP) is 0.135. The smallest absolute Gasteiger partial charge is 0.236 e. The number of hydrogen-bond acceptors (Lipinski definition) is 3. The van der Waals surface area contributed by atoms with Gasteiger partial charge in [-0.1, -0.05) is 6.92 Å². The highest BCUT2D eigenvalue weighted by atomic mass is 16.2. The van der Waals surface area contributed by atoms with Crippen molar-refractivity contribution in [2.45, 2.75) is 19.8 Å². The van der Waals surface area contributed by atoms with Crippen molar-refractivity contribution >= 4 is 5.91 Å². The van der Waals surface area contributed by atoms with Crippen LogP contribution in [-0.2, 0) is 4.79 Å². The lowest BCUT2D eigenvalue weighted by molar-refractivity contribution is -0.133. The molecule has 2 N–H and O–H groups in total. The first kappa shape index (κ1) is 12.5. The molecule has 1 amide bonds. The van der Waals surface area contributed by atoms with Gasteiger partial charge in [0.2, 0.25) is 5.91 Å². The quantitative estimate of drug-likeness (QED) is 0.722. The number of rotatable bonds is 4. The molecule has 0 aromatic carbocycles. The molecule has 1 fully saturated rings. The number of amides is 1. The third kappa shape index (κ3) is 4.18. The van der Waals surface area contributed by atoms with E-state index in [-0.39, 0.29) is 5.91 Å². The lowest BCUT2D eigenvalue weighted by Gasteiger charge is -2.31. The van der Waals surface area contributed by atoms with E-state index in [1.54, 1.807) is 0 Å². The second-order valence-electron chi connectivity index (χ2n) is 4.59. The molecule has 1 aliphatic rings. The summed E-state index contributed by atoms with van der Waals surface area (Å²) in [5.41, 5.74) is 5.44. The highest BCUT2D eigenvalue weighted by Gasteiger charge is 2.20. The average molecular weight is 213 g/mol. The van der Waals surface area contributed by atoms with Gasteiger partial charge in [0, 0.05) is 26.2 Å². The van der Waals surface area contributed by atoms with E-state index in [1.807, 2.05) is 16.8 Å². The van der Waals surface area contributed by atoms with Gasteiger partial charge in [0.15, 0.2) is 0 Å². The molecule has 0 radical (unpaired) electrons. The fourth-order valence-corrected chi connectivity index (χ4v) is 1.89. The van der Waals surface area contributed by atoms with Crippen molar-refractivity contribution in [3.05, 3.63) is 0 Å². The Labute approximate surface area is 92.4 Å². The van der Waals surface area contributed by atoms with Gasteiger partial charge in [0.25, 0.3) is 0 Å². The Balaban J connectivity index is 2.27. The summed E-state index contributed by atoms with van der Waals surface area (Å²) in [6.45, 7) is 6.01. The van der Waals surface area contributed by atoms with Crippen LogP contribution in [0.15, 0.2) is 0 Å². The summed E-state index contributed by atoms with van der Waals surface area (Å²) < 4.78 is 0. The molecule has 15 heavy (non-hydrogen) atoms. The minimum absolute atomic E-state index is 0.248. The highest BCUT2D eigenvalue weighted by molar-refractivity contribution is 5.78. The molecule has 1 heterocycles. The van der Waals surface area contributed by atoms with E-state index >= 15 is 0 Å². The SMILES string of the molecule is CC1CCN(C(=O)CN(C)CCN)CC1. The van der Waals surface area contributed by atoms with Gasteiger partial charge in [-0.25, -0.2) is 0 Å². The van der Waals surface area contributed by atoms with Crippen molar-refractivity contribution in [2.24, 2.45) is 11.7 Å². The first-order valence-electron chi connectivity index (χ1n) is 5.80. The van der Waals surface area contributed by atoms with E-state index in [0.29, 0.717) is 13.1 Å². The van der Waals surface area contributed by atoms with Gasteiger partial charge in [-0.15, -0.1) is 0 Å². The molecular formula is C11H23N3O. The molecular weight excluding hydrogens is 190 g/mol. The third-order valence-corrected chi connectivity index (χ3v) is 3.05. The van der Waals surface area contributed by atoms with Crippen molar-refractivity contribution in [2.75, 3.05) is 39.8 Å². The first-order chi connectivity index (χ1) is 7.13. The van der Waals surface area contributed by atoms with Crippen molar-refractivity contribution < 1.29 is 4.79 Å². The van der Waals surface area contributed by atoms with E-state index in [4.69, 9.17) is 5.73 Å².